The van der Waals surface area contributed by atoms with E-state index in [4.69, 9.17) is 9.47 Å². The maximum Gasteiger partial charge on any atom is 0.407 e. The van der Waals surface area contributed by atoms with Crippen molar-refractivity contribution in [2.45, 2.75) is 51.5 Å². The standard InChI is InChI=1S/C17H27NO5S/c1-12-10-14(22-6)11-13(2)15(12)24(20,21)9-7-8-18-16(19)23-17(3,4)5/h10-11H,7-9H2,1-6H3,(H,18,19). The van der Waals surface area contributed by atoms with Gasteiger partial charge in [-0.15, -0.1) is 0 Å². The fourth-order valence-electron chi connectivity index (χ4n) is 2.39. The Morgan fingerprint density at radius 1 is 1.17 bits per heavy atom. The maximum absolute atomic E-state index is 12.6. The highest BCUT2D eigenvalue weighted by molar-refractivity contribution is 7.91. The minimum absolute atomic E-state index is 0.0448. The second kappa shape index (κ2) is 7.88. The van der Waals surface area contributed by atoms with Crippen molar-refractivity contribution in [3.8, 4) is 5.75 Å². The van der Waals surface area contributed by atoms with Crippen LogP contribution in [0.3, 0.4) is 0 Å². The van der Waals surface area contributed by atoms with E-state index in [2.05, 4.69) is 5.32 Å². The number of hydrogen-bond donors (Lipinski definition) is 1. The monoisotopic (exact) mass is 357 g/mol. The molecule has 1 rings (SSSR count). The third kappa shape index (κ3) is 6.03. The molecule has 7 heteroatoms. The summed E-state index contributed by atoms with van der Waals surface area (Å²) in [6.07, 6.45) is -0.233. The lowest BCUT2D eigenvalue weighted by Crippen LogP contribution is -2.33. The third-order valence-electron chi connectivity index (χ3n) is 3.24. The van der Waals surface area contributed by atoms with Crippen molar-refractivity contribution in [1.82, 2.24) is 5.32 Å². The summed E-state index contributed by atoms with van der Waals surface area (Å²) in [6, 6.07) is 3.41. The molecule has 0 aliphatic heterocycles. The van der Waals surface area contributed by atoms with Gasteiger partial charge in [-0.2, -0.15) is 0 Å². The van der Waals surface area contributed by atoms with Gasteiger partial charge in [-0.25, -0.2) is 13.2 Å². The van der Waals surface area contributed by atoms with Crippen LogP contribution in [-0.2, 0) is 14.6 Å². The summed E-state index contributed by atoms with van der Waals surface area (Å²) in [4.78, 5) is 11.9. The molecule has 0 radical (unpaired) electrons. The van der Waals surface area contributed by atoms with Gasteiger partial charge in [0.2, 0.25) is 0 Å². The number of nitrogens with one attached hydrogen (secondary N) is 1. The zero-order valence-corrected chi connectivity index (χ0v) is 16.0. The first-order valence-electron chi connectivity index (χ1n) is 7.81. The molecule has 0 spiro atoms. The van der Waals surface area contributed by atoms with Gasteiger partial charge in [0.25, 0.3) is 0 Å². The van der Waals surface area contributed by atoms with Crippen LogP contribution in [0, 0.1) is 13.8 Å². The molecule has 0 aliphatic rings. The highest BCUT2D eigenvalue weighted by Gasteiger charge is 2.21. The first kappa shape index (κ1) is 20.3. The third-order valence-corrected chi connectivity index (χ3v) is 5.33. The highest BCUT2D eigenvalue weighted by Crippen LogP contribution is 2.26. The van der Waals surface area contributed by atoms with Gasteiger partial charge in [0, 0.05) is 6.54 Å². The van der Waals surface area contributed by atoms with E-state index in [1.807, 2.05) is 0 Å². The smallest absolute Gasteiger partial charge is 0.407 e. The molecule has 1 aromatic rings. The van der Waals surface area contributed by atoms with Gasteiger partial charge < -0.3 is 14.8 Å². The lowest BCUT2D eigenvalue weighted by atomic mass is 10.1. The normalized spacial score (nSPS) is 11.9. The van der Waals surface area contributed by atoms with E-state index in [-0.39, 0.29) is 12.3 Å². The van der Waals surface area contributed by atoms with Crippen LogP contribution in [0.25, 0.3) is 0 Å². The average molecular weight is 357 g/mol. The van der Waals surface area contributed by atoms with Gasteiger partial charge in [0.05, 0.1) is 17.8 Å². The summed E-state index contributed by atoms with van der Waals surface area (Å²) in [5.74, 6) is 0.590. The van der Waals surface area contributed by atoms with Gasteiger partial charge in [0.1, 0.15) is 11.4 Å². The van der Waals surface area contributed by atoms with Crippen LogP contribution in [0.2, 0.25) is 0 Å². The second-order valence-corrected chi connectivity index (χ2v) is 8.74. The van der Waals surface area contributed by atoms with E-state index < -0.39 is 21.5 Å². The minimum atomic E-state index is -3.43. The number of carbonyl (C=O) groups excluding carboxylic acids is 1. The second-order valence-electron chi connectivity index (χ2n) is 6.69. The first-order chi connectivity index (χ1) is 11.0. The molecular formula is C17H27NO5S. The number of aryl methyl sites for hydroxylation is 2. The molecule has 1 amide bonds. The number of amides is 1. The Hall–Kier alpha value is -1.76. The molecule has 0 fully saturated rings. The largest absolute Gasteiger partial charge is 0.497 e. The molecule has 1 N–H and O–H groups in total. The molecule has 1 aromatic carbocycles. The van der Waals surface area contributed by atoms with Gasteiger partial charge in [-0.3, -0.25) is 0 Å². The van der Waals surface area contributed by atoms with Crippen molar-refractivity contribution in [3.05, 3.63) is 23.3 Å². The number of carbonyl (C=O) groups is 1. The quantitative estimate of drug-likeness (QED) is 0.792. The topological polar surface area (TPSA) is 81.7 Å². The molecule has 0 aromatic heterocycles. The molecular weight excluding hydrogens is 330 g/mol. The number of benzene rings is 1. The predicted octanol–water partition coefficient (Wildman–Crippen LogP) is 3.00. The van der Waals surface area contributed by atoms with Crippen LogP contribution in [-0.4, -0.2) is 39.5 Å². The van der Waals surface area contributed by atoms with Crippen LogP contribution in [0.1, 0.15) is 38.3 Å². The Balaban J connectivity index is 2.67. The highest BCUT2D eigenvalue weighted by atomic mass is 32.2. The predicted molar refractivity (Wildman–Crippen MR) is 93.4 cm³/mol. The zero-order chi connectivity index (χ0) is 18.5. The Morgan fingerprint density at radius 2 is 1.71 bits per heavy atom. The molecule has 0 aliphatic carbocycles. The number of hydrogen-bond acceptors (Lipinski definition) is 5. The van der Waals surface area contributed by atoms with Crippen molar-refractivity contribution >= 4 is 15.9 Å². The van der Waals surface area contributed by atoms with Crippen molar-refractivity contribution in [2.24, 2.45) is 0 Å². The van der Waals surface area contributed by atoms with Crippen LogP contribution >= 0.6 is 0 Å². The first-order valence-corrected chi connectivity index (χ1v) is 9.46. The molecule has 0 heterocycles. The Kier molecular flexibility index (Phi) is 6.66. The van der Waals surface area contributed by atoms with Crippen molar-refractivity contribution < 1.29 is 22.7 Å². The van der Waals surface area contributed by atoms with Gasteiger partial charge >= 0.3 is 6.09 Å². The number of methoxy groups -OCH3 is 1. The average Bonchev–Trinajstić information content (AvgIpc) is 2.40. The van der Waals surface area contributed by atoms with E-state index >= 15 is 0 Å². The number of ether oxygens (including phenoxy) is 2. The molecule has 0 saturated heterocycles. The van der Waals surface area contributed by atoms with E-state index in [9.17, 15) is 13.2 Å². The Morgan fingerprint density at radius 3 is 2.17 bits per heavy atom. The van der Waals surface area contributed by atoms with E-state index in [0.717, 1.165) is 0 Å². The fraction of sp³-hybridized carbons (Fsp3) is 0.588. The van der Waals surface area contributed by atoms with Gasteiger partial charge in [-0.1, -0.05) is 0 Å². The lowest BCUT2D eigenvalue weighted by Gasteiger charge is -2.19. The zero-order valence-electron chi connectivity index (χ0n) is 15.2. The number of rotatable bonds is 6. The maximum atomic E-state index is 12.6. The van der Waals surface area contributed by atoms with Gasteiger partial charge in [-0.05, 0) is 64.3 Å². The van der Waals surface area contributed by atoms with Crippen molar-refractivity contribution in [1.29, 1.82) is 0 Å². The minimum Gasteiger partial charge on any atom is -0.497 e. The Bertz CT molecular complexity index is 666. The molecule has 0 bridgehead atoms. The molecule has 0 unspecified atom stereocenters. The summed E-state index contributed by atoms with van der Waals surface area (Å²) in [5.41, 5.74) is 0.743. The van der Waals surface area contributed by atoms with Crippen molar-refractivity contribution in [2.75, 3.05) is 19.4 Å². The SMILES string of the molecule is COc1cc(C)c(S(=O)(=O)CCCNC(=O)OC(C)(C)C)c(C)c1. The molecule has 0 saturated carbocycles. The van der Waals surface area contributed by atoms with Gasteiger partial charge in [0.15, 0.2) is 9.84 Å². The fourth-order valence-corrected chi connectivity index (χ4v) is 4.22. The van der Waals surface area contributed by atoms with Crippen LogP contribution in [0.15, 0.2) is 17.0 Å². The summed E-state index contributed by atoms with van der Waals surface area (Å²) in [7, 11) is -1.88. The van der Waals surface area contributed by atoms with E-state index in [1.165, 1.54) is 0 Å². The number of alkyl carbamates (subject to hydrolysis) is 1. The van der Waals surface area contributed by atoms with E-state index in [0.29, 0.717) is 28.2 Å². The molecule has 136 valence electrons. The van der Waals surface area contributed by atoms with Crippen LogP contribution in [0.5, 0.6) is 5.75 Å². The summed E-state index contributed by atoms with van der Waals surface area (Å²) in [5, 5.41) is 2.57. The summed E-state index contributed by atoms with van der Waals surface area (Å²) >= 11 is 0. The molecule has 6 nitrogen and oxygen atoms in total. The summed E-state index contributed by atoms with van der Waals surface area (Å²) < 4.78 is 35.4. The molecule has 0 atom stereocenters. The van der Waals surface area contributed by atoms with Crippen LogP contribution < -0.4 is 10.1 Å². The van der Waals surface area contributed by atoms with Crippen LogP contribution in [0.4, 0.5) is 4.79 Å². The molecule has 24 heavy (non-hydrogen) atoms. The van der Waals surface area contributed by atoms with Crippen molar-refractivity contribution in [3.63, 3.8) is 0 Å². The number of sulfone groups is 1. The Labute approximate surface area is 144 Å². The lowest BCUT2D eigenvalue weighted by molar-refractivity contribution is 0.0528. The summed E-state index contributed by atoms with van der Waals surface area (Å²) in [6.45, 7) is 9.05. The van der Waals surface area contributed by atoms with E-state index in [1.54, 1.807) is 53.9 Å².